The summed E-state index contributed by atoms with van der Waals surface area (Å²) in [6.07, 6.45) is 2.76. The standard InChI is InChI=1S/C14H20O/c1-5-6-11-15-13-10-8-7-9-12(13)14(2,3)4/h5,7-10H,1,6,11H2,2-4H3. The van der Waals surface area contributed by atoms with Gasteiger partial charge in [0.15, 0.2) is 0 Å². The van der Waals surface area contributed by atoms with Gasteiger partial charge in [0, 0.05) is 0 Å². The van der Waals surface area contributed by atoms with Crippen LogP contribution in [0.4, 0.5) is 0 Å². The summed E-state index contributed by atoms with van der Waals surface area (Å²) in [6.45, 7) is 11.0. The van der Waals surface area contributed by atoms with Gasteiger partial charge in [0.2, 0.25) is 0 Å². The van der Waals surface area contributed by atoms with Crippen molar-refractivity contribution < 1.29 is 4.74 Å². The minimum atomic E-state index is 0.130. The van der Waals surface area contributed by atoms with E-state index in [1.165, 1.54) is 5.56 Å². The number of benzene rings is 1. The minimum absolute atomic E-state index is 0.130. The van der Waals surface area contributed by atoms with Crippen LogP contribution in [0.25, 0.3) is 0 Å². The van der Waals surface area contributed by atoms with Crippen LogP contribution in [0.3, 0.4) is 0 Å². The molecule has 1 rings (SSSR count). The van der Waals surface area contributed by atoms with Gasteiger partial charge in [-0.3, -0.25) is 0 Å². The first-order valence-electron chi connectivity index (χ1n) is 5.39. The van der Waals surface area contributed by atoms with E-state index in [4.69, 9.17) is 4.74 Å². The van der Waals surface area contributed by atoms with Crippen LogP contribution in [0.2, 0.25) is 0 Å². The Morgan fingerprint density at radius 2 is 1.93 bits per heavy atom. The van der Waals surface area contributed by atoms with Gasteiger partial charge in [0.1, 0.15) is 5.75 Å². The minimum Gasteiger partial charge on any atom is -0.493 e. The zero-order valence-corrected chi connectivity index (χ0v) is 9.92. The summed E-state index contributed by atoms with van der Waals surface area (Å²) in [5, 5.41) is 0. The monoisotopic (exact) mass is 204 g/mol. The molecule has 0 heterocycles. The average molecular weight is 204 g/mol. The molecule has 0 bridgehead atoms. The van der Waals surface area contributed by atoms with Gasteiger partial charge < -0.3 is 4.74 Å². The predicted octanol–water partition coefficient (Wildman–Crippen LogP) is 3.94. The summed E-state index contributed by atoms with van der Waals surface area (Å²) >= 11 is 0. The molecule has 0 aliphatic rings. The van der Waals surface area contributed by atoms with Gasteiger partial charge in [-0.25, -0.2) is 0 Å². The van der Waals surface area contributed by atoms with Crippen LogP contribution in [0.5, 0.6) is 5.75 Å². The smallest absolute Gasteiger partial charge is 0.123 e. The highest BCUT2D eigenvalue weighted by molar-refractivity contribution is 5.38. The summed E-state index contributed by atoms with van der Waals surface area (Å²) in [7, 11) is 0. The number of hydrogen-bond donors (Lipinski definition) is 0. The molecule has 0 amide bonds. The van der Waals surface area contributed by atoms with E-state index in [1.807, 2.05) is 18.2 Å². The Kier molecular flexibility index (Phi) is 3.96. The van der Waals surface area contributed by atoms with E-state index in [-0.39, 0.29) is 5.41 Å². The van der Waals surface area contributed by atoms with Crippen molar-refractivity contribution in [2.45, 2.75) is 32.6 Å². The van der Waals surface area contributed by atoms with Gasteiger partial charge in [-0.2, -0.15) is 0 Å². The van der Waals surface area contributed by atoms with Gasteiger partial charge in [0.25, 0.3) is 0 Å². The average Bonchev–Trinajstić information content (AvgIpc) is 2.17. The van der Waals surface area contributed by atoms with Gasteiger partial charge in [-0.15, -0.1) is 6.58 Å². The molecule has 1 aromatic carbocycles. The second-order valence-corrected chi connectivity index (χ2v) is 4.67. The van der Waals surface area contributed by atoms with E-state index in [2.05, 4.69) is 39.5 Å². The van der Waals surface area contributed by atoms with Crippen LogP contribution in [0, 0.1) is 0 Å². The molecule has 1 heteroatoms. The molecule has 15 heavy (non-hydrogen) atoms. The summed E-state index contributed by atoms with van der Waals surface area (Å²) in [6, 6.07) is 8.23. The highest BCUT2D eigenvalue weighted by Crippen LogP contribution is 2.30. The Labute approximate surface area is 92.8 Å². The van der Waals surface area contributed by atoms with Crippen molar-refractivity contribution in [3.05, 3.63) is 42.5 Å². The van der Waals surface area contributed by atoms with Crippen molar-refractivity contribution in [2.75, 3.05) is 6.61 Å². The summed E-state index contributed by atoms with van der Waals surface area (Å²) < 4.78 is 5.73. The summed E-state index contributed by atoms with van der Waals surface area (Å²) in [5.41, 5.74) is 1.39. The highest BCUT2D eigenvalue weighted by Gasteiger charge is 2.17. The zero-order valence-electron chi connectivity index (χ0n) is 9.92. The van der Waals surface area contributed by atoms with Crippen LogP contribution >= 0.6 is 0 Å². The first kappa shape index (κ1) is 11.8. The summed E-state index contributed by atoms with van der Waals surface area (Å²) in [5.74, 6) is 0.992. The maximum absolute atomic E-state index is 5.73. The molecule has 0 aliphatic heterocycles. The maximum atomic E-state index is 5.73. The number of ether oxygens (including phenoxy) is 1. The Morgan fingerprint density at radius 3 is 2.53 bits per heavy atom. The summed E-state index contributed by atoms with van der Waals surface area (Å²) in [4.78, 5) is 0. The van der Waals surface area contributed by atoms with Crippen molar-refractivity contribution in [2.24, 2.45) is 0 Å². The first-order chi connectivity index (χ1) is 7.05. The molecule has 0 saturated carbocycles. The van der Waals surface area contributed by atoms with E-state index in [0.717, 1.165) is 12.2 Å². The lowest BCUT2D eigenvalue weighted by atomic mass is 9.86. The van der Waals surface area contributed by atoms with Gasteiger partial charge in [-0.1, -0.05) is 45.0 Å². The molecule has 0 aliphatic carbocycles. The molecular formula is C14H20O. The predicted molar refractivity (Wildman–Crippen MR) is 65.5 cm³/mol. The van der Waals surface area contributed by atoms with Gasteiger partial charge in [0.05, 0.1) is 6.61 Å². The lowest BCUT2D eigenvalue weighted by molar-refractivity contribution is 0.315. The van der Waals surface area contributed by atoms with E-state index in [9.17, 15) is 0 Å². The third-order valence-corrected chi connectivity index (χ3v) is 2.27. The van der Waals surface area contributed by atoms with E-state index < -0.39 is 0 Å². The largest absolute Gasteiger partial charge is 0.493 e. The molecule has 0 N–H and O–H groups in total. The molecular weight excluding hydrogens is 184 g/mol. The second-order valence-electron chi connectivity index (χ2n) is 4.67. The van der Waals surface area contributed by atoms with E-state index >= 15 is 0 Å². The fraction of sp³-hybridized carbons (Fsp3) is 0.429. The SMILES string of the molecule is C=CCCOc1ccccc1C(C)(C)C. The molecule has 0 aromatic heterocycles. The van der Waals surface area contributed by atoms with Crippen LogP contribution in [0.1, 0.15) is 32.8 Å². The number of para-hydroxylation sites is 1. The molecule has 82 valence electrons. The Morgan fingerprint density at radius 1 is 1.27 bits per heavy atom. The molecule has 1 nitrogen and oxygen atoms in total. The van der Waals surface area contributed by atoms with Crippen LogP contribution in [0.15, 0.2) is 36.9 Å². The van der Waals surface area contributed by atoms with E-state index in [0.29, 0.717) is 6.61 Å². The van der Waals surface area contributed by atoms with E-state index in [1.54, 1.807) is 0 Å². The number of rotatable bonds is 4. The molecule has 1 aromatic rings. The van der Waals surface area contributed by atoms with Crippen molar-refractivity contribution >= 4 is 0 Å². The van der Waals surface area contributed by atoms with Crippen molar-refractivity contribution in [1.82, 2.24) is 0 Å². The Hall–Kier alpha value is -1.24. The first-order valence-corrected chi connectivity index (χ1v) is 5.39. The normalized spacial score (nSPS) is 11.1. The third kappa shape index (κ3) is 3.43. The quantitative estimate of drug-likeness (QED) is 0.533. The molecule has 0 fully saturated rings. The maximum Gasteiger partial charge on any atom is 0.123 e. The Balaban J connectivity index is 2.82. The van der Waals surface area contributed by atoms with Crippen LogP contribution in [-0.4, -0.2) is 6.61 Å². The fourth-order valence-corrected chi connectivity index (χ4v) is 1.46. The van der Waals surface area contributed by atoms with Crippen LogP contribution < -0.4 is 4.74 Å². The lowest BCUT2D eigenvalue weighted by Gasteiger charge is -2.22. The molecule has 0 spiro atoms. The fourth-order valence-electron chi connectivity index (χ4n) is 1.46. The van der Waals surface area contributed by atoms with Gasteiger partial charge in [-0.05, 0) is 23.5 Å². The zero-order chi connectivity index (χ0) is 11.3. The van der Waals surface area contributed by atoms with Crippen molar-refractivity contribution in [3.8, 4) is 5.75 Å². The van der Waals surface area contributed by atoms with Gasteiger partial charge >= 0.3 is 0 Å². The van der Waals surface area contributed by atoms with Crippen LogP contribution in [-0.2, 0) is 5.41 Å². The van der Waals surface area contributed by atoms with Crippen molar-refractivity contribution in [1.29, 1.82) is 0 Å². The lowest BCUT2D eigenvalue weighted by Crippen LogP contribution is -2.13. The highest BCUT2D eigenvalue weighted by atomic mass is 16.5. The Bertz CT molecular complexity index is 320. The molecule has 0 saturated heterocycles. The van der Waals surface area contributed by atoms with Crippen molar-refractivity contribution in [3.63, 3.8) is 0 Å². The molecule has 0 atom stereocenters. The topological polar surface area (TPSA) is 9.23 Å². The second kappa shape index (κ2) is 5.01. The molecule has 0 unspecified atom stereocenters. The third-order valence-electron chi connectivity index (χ3n) is 2.27. The number of hydrogen-bond acceptors (Lipinski definition) is 1. The molecule has 0 radical (unpaired) electrons.